The summed E-state index contributed by atoms with van der Waals surface area (Å²) in [6, 6.07) is 4.75. The second-order valence-electron chi connectivity index (χ2n) is 6.34. The topological polar surface area (TPSA) is 89.4 Å². The molecule has 1 N–H and O–H groups in total. The van der Waals surface area contributed by atoms with Crippen LogP contribution in [0.25, 0.3) is 0 Å². The van der Waals surface area contributed by atoms with Crippen LogP contribution in [0.3, 0.4) is 0 Å². The van der Waals surface area contributed by atoms with Gasteiger partial charge in [0.15, 0.2) is 5.82 Å². The highest BCUT2D eigenvalue weighted by molar-refractivity contribution is 5.94. The fourth-order valence-electron chi connectivity index (χ4n) is 2.97. The monoisotopic (exact) mass is 357 g/mol. The maximum absolute atomic E-state index is 13.1. The molecule has 0 aromatic carbocycles. The lowest BCUT2D eigenvalue weighted by Gasteiger charge is -2.34. The van der Waals surface area contributed by atoms with E-state index in [4.69, 9.17) is 4.74 Å². The Labute approximate surface area is 151 Å². The molecule has 1 saturated heterocycles. The standard InChI is InChI=1S/C18H23N5O3/c1-11-9-15(19-3)21-16(20-11)14-10-26-8-7-23(14)18(25)13-6-5-12(2)22(4)17(13)24/h5-6,9,14H,7-8,10H2,1-4H3,(H,19,20,21)/t14-/m1/s1. The van der Waals surface area contributed by atoms with Gasteiger partial charge in [-0.25, -0.2) is 9.97 Å². The highest BCUT2D eigenvalue weighted by Crippen LogP contribution is 2.24. The van der Waals surface area contributed by atoms with Gasteiger partial charge in [-0.2, -0.15) is 0 Å². The second-order valence-corrected chi connectivity index (χ2v) is 6.34. The maximum Gasteiger partial charge on any atom is 0.263 e. The smallest absolute Gasteiger partial charge is 0.263 e. The van der Waals surface area contributed by atoms with Gasteiger partial charge < -0.3 is 19.5 Å². The van der Waals surface area contributed by atoms with Gasteiger partial charge in [-0.15, -0.1) is 0 Å². The molecule has 1 fully saturated rings. The Morgan fingerprint density at radius 2 is 2.08 bits per heavy atom. The van der Waals surface area contributed by atoms with Gasteiger partial charge in [-0.1, -0.05) is 0 Å². The quantitative estimate of drug-likeness (QED) is 0.883. The van der Waals surface area contributed by atoms with Crippen molar-refractivity contribution in [1.29, 1.82) is 0 Å². The summed E-state index contributed by atoms with van der Waals surface area (Å²) >= 11 is 0. The van der Waals surface area contributed by atoms with Gasteiger partial charge in [0.1, 0.15) is 17.4 Å². The molecule has 0 saturated carbocycles. The summed E-state index contributed by atoms with van der Waals surface area (Å²) in [5, 5.41) is 3.00. The van der Waals surface area contributed by atoms with Crippen molar-refractivity contribution in [3.63, 3.8) is 0 Å². The molecule has 8 heteroatoms. The first-order valence-electron chi connectivity index (χ1n) is 8.51. The highest BCUT2D eigenvalue weighted by atomic mass is 16.5. The summed E-state index contributed by atoms with van der Waals surface area (Å²) in [6.45, 7) is 4.79. The minimum absolute atomic E-state index is 0.145. The number of aryl methyl sites for hydroxylation is 2. The minimum Gasteiger partial charge on any atom is -0.377 e. The molecule has 2 aromatic rings. The summed E-state index contributed by atoms with van der Waals surface area (Å²) < 4.78 is 7.04. The van der Waals surface area contributed by atoms with Crippen LogP contribution in [-0.2, 0) is 11.8 Å². The van der Waals surface area contributed by atoms with E-state index in [0.29, 0.717) is 31.4 Å². The van der Waals surface area contributed by atoms with Crippen molar-refractivity contribution in [3.8, 4) is 0 Å². The number of hydrogen-bond donors (Lipinski definition) is 1. The molecule has 2 aromatic heterocycles. The predicted octanol–water partition coefficient (Wildman–Crippen LogP) is 1.05. The number of hydrogen-bond acceptors (Lipinski definition) is 6. The molecule has 1 amide bonds. The summed E-state index contributed by atoms with van der Waals surface area (Å²) in [5.74, 6) is 0.859. The number of carbonyl (C=O) groups excluding carboxylic acids is 1. The Balaban J connectivity index is 2.00. The molecule has 26 heavy (non-hydrogen) atoms. The molecule has 0 spiro atoms. The van der Waals surface area contributed by atoms with Crippen LogP contribution in [0.1, 0.15) is 33.6 Å². The molecule has 3 rings (SSSR count). The van der Waals surface area contributed by atoms with Crippen molar-refractivity contribution in [2.75, 3.05) is 32.1 Å². The molecule has 8 nitrogen and oxygen atoms in total. The van der Waals surface area contributed by atoms with E-state index in [9.17, 15) is 9.59 Å². The average Bonchev–Trinajstić information content (AvgIpc) is 2.65. The molecule has 1 aliphatic heterocycles. The first-order chi connectivity index (χ1) is 12.4. The van der Waals surface area contributed by atoms with E-state index in [-0.39, 0.29) is 17.0 Å². The number of ether oxygens (including phenoxy) is 1. The number of aromatic nitrogens is 3. The van der Waals surface area contributed by atoms with Gasteiger partial charge in [-0.05, 0) is 26.0 Å². The molecule has 0 aliphatic carbocycles. The van der Waals surface area contributed by atoms with Crippen LogP contribution in [0, 0.1) is 13.8 Å². The van der Waals surface area contributed by atoms with Crippen LogP contribution in [0.5, 0.6) is 0 Å². The summed E-state index contributed by atoms with van der Waals surface area (Å²) in [4.78, 5) is 36.2. The lowest BCUT2D eigenvalue weighted by atomic mass is 10.1. The molecule has 0 unspecified atom stereocenters. The number of pyridine rings is 1. The number of carbonyl (C=O) groups is 1. The molecule has 0 radical (unpaired) electrons. The Hall–Kier alpha value is -2.74. The number of amides is 1. The first-order valence-corrected chi connectivity index (χ1v) is 8.51. The highest BCUT2D eigenvalue weighted by Gasteiger charge is 2.33. The van der Waals surface area contributed by atoms with Crippen molar-refractivity contribution in [2.45, 2.75) is 19.9 Å². The van der Waals surface area contributed by atoms with Gasteiger partial charge in [0.25, 0.3) is 11.5 Å². The van der Waals surface area contributed by atoms with Crippen molar-refractivity contribution in [3.05, 3.63) is 51.3 Å². The first kappa shape index (κ1) is 18.1. The van der Waals surface area contributed by atoms with Crippen LogP contribution in [0.2, 0.25) is 0 Å². The van der Waals surface area contributed by atoms with Crippen LogP contribution in [0.4, 0.5) is 5.82 Å². The van der Waals surface area contributed by atoms with Crippen LogP contribution in [-0.4, -0.2) is 52.1 Å². The molecular weight excluding hydrogens is 334 g/mol. The largest absolute Gasteiger partial charge is 0.377 e. The molecule has 1 aliphatic rings. The van der Waals surface area contributed by atoms with Gasteiger partial charge in [0.2, 0.25) is 0 Å². The zero-order chi connectivity index (χ0) is 18.8. The molecule has 3 heterocycles. The van der Waals surface area contributed by atoms with E-state index < -0.39 is 6.04 Å². The predicted molar refractivity (Wildman–Crippen MR) is 97.3 cm³/mol. The lowest BCUT2D eigenvalue weighted by molar-refractivity contribution is -0.00535. The van der Waals surface area contributed by atoms with Crippen molar-refractivity contribution >= 4 is 11.7 Å². The molecular formula is C18H23N5O3. The van der Waals surface area contributed by atoms with Crippen molar-refractivity contribution in [2.24, 2.45) is 7.05 Å². The molecule has 138 valence electrons. The van der Waals surface area contributed by atoms with E-state index in [1.807, 2.05) is 19.9 Å². The SMILES string of the molecule is CNc1cc(C)nc([C@H]2COCCN2C(=O)c2ccc(C)n(C)c2=O)n1. The Morgan fingerprint density at radius 3 is 2.81 bits per heavy atom. The van der Waals surface area contributed by atoms with E-state index >= 15 is 0 Å². The zero-order valence-corrected chi connectivity index (χ0v) is 15.4. The molecule has 1 atom stereocenters. The number of anilines is 1. The lowest BCUT2D eigenvalue weighted by Crippen LogP contribution is -2.46. The second kappa shape index (κ2) is 7.25. The van der Waals surface area contributed by atoms with Crippen molar-refractivity contribution in [1.82, 2.24) is 19.4 Å². The Kier molecular flexibility index (Phi) is 5.03. The van der Waals surface area contributed by atoms with E-state index in [1.54, 1.807) is 31.1 Å². The van der Waals surface area contributed by atoms with Gasteiger partial charge in [0.05, 0.1) is 13.2 Å². The number of nitrogens with one attached hydrogen (secondary N) is 1. The fourth-order valence-corrected chi connectivity index (χ4v) is 2.97. The average molecular weight is 357 g/mol. The van der Waals surface area contributed by atoms with Gasteiger partial charge >= 0.3 is 0 Å². The van der Waals surface area contributed by atoms with Crippen LogP contribution < -0.4 is 10.9 Å². The summed E-state index contributed by atoms with van der Waals surface area (Å²) in [6.07, 6.45) is 0. The maximum atomic E-state index is 13.1. The fraction of sp³-hybridized carbons (Fsp3) is 0.444. The minimum atomic E-state index is -0.436. The van der Waals surface area contributed by atoms with E-state index in [1.165, 1.54) is 4.57 Å². The van der Waals surface area contributed by atoms with Crippen LogP contribution in [0.15, 0.2) is 23.0 Å². The molecule has 0 bridgehead atoms. The van der Waals surface area contributed by atoms with Crippen LogP contribution >= 0.6 is 0 Å². The van der Waals surface area contributed by atoms with Crippen molar-refractivity contribution < 1.29 is 9.53 Å². The number of nitrogens with zero attached hydrogens (tertiary/aromatic N) is 4. The van der Waals surface area contributed by atoms with Gasteiger partial charge in [-0.3, -0.25) is 9.59 Å². The van der Waals surface area contributed by atoms with E-state index in [0.717, 1.165) is 11.4 Å². The van der Waals surface area contributed by atoms with E-state index in [2.05, 4.69) is 15.3 Å². The number of morpholine rings is 1. The number of rotatable bonds is 3. The summed E-state index contributed by atoms with van der Waals surface area (Å²) in [7, 11) is 3.44. The normalized spacial score (nSPS) is 17.2. The van der Waals surface area contributed by atoms with Gasteiger partial charge in [0, 0.05) is 38.1 Å². The third-order valence-electron chi connectivity index (χ3n) is 4.60. The third-order valence-corrected chi connectivity index (χ3v) is 4.60. The Bertz CT molecular complexity index is 893. The zero-order valence-electron chi connectivity index (χ0n) is 15.4. The Morgan fingerprint density at radius 1 is 1.31 bits per heavy atom. The summed E-state index contributed by atoms with van der Waals surface area (Å²) in [5.41, 5.74) is 1.43. The third kappa shape index (κ3) is 3.32.